The van der Waals surface area contributed by atoms with Gasteiger partial charge >= 0.3 is 0 Å². The van der Waals surface area contributed by atoms with Gasteiger partial charge in [0.2, 0.25) is 0 Å². The maximum absolute atomic E-state index is 12.6. The van der Waals surface area contributed by atoms with Crippen molar-refractivity contribution in [2.24, 2.45) is 5.41 Å². The summed E-state index contributed by atoms with van der Waals surface area (Å²) >= 11 is 0. The van der Waals surface area contributed by atoms with Crippen molar-refractivity contribution in [1.29, 1.82) is 0 Å². The molecule has 0 radical (unpaired) electrons. The molecule has 86 valence electrons. The zero-order chi connectivity index (χ0) is 11.9. The molecule has 1 heteroatoms. The maximum atomic E-state index is 12.6. The summed E-state index contributed by atoms with van der Waals surface area (Å²) in [5.74, 6) is -0.155. The van der Waals surface area contributed by atoms with Gasteiger partial charge in [0, 0.05) is 0 Å². The van der Waals surface area contributed by atoms with E-state index in [1.54, 1.807) is 0 Å². The van der Waals surface area contributed by atoms with E-state index in [0.29, 0.717) is 5.41 Å². The van der Waals surface area contributed by atoms with E-state index in [0.717, 1.165) is 12.8 Å². The Hall–Kier alpha value is -0.850. The fourth-order valence-electron chi connectivity index (χ4n) is 1.28. The monoisotopic (exact) mass is 210 g/mol. The summed E-state index contributed by atoms with van der Waals surface area (Å²) in [4.78, 5) is 0. The standard InChI is InChI=1S/C12H17F.C2H6/c1-4-12(2,3)9-10-5-7-11(13)8-6-10;1-2/h5-8H,4,9H2,1-3H3;1-2H3. The molecule has 0 amide bonds. The SMILES string of the molecule is CC.CCC(C)(C)Cc1ccc(F)cc1. The first-order valence-corrected chi connectivity index (χ1v) is 5.78. The van der Waals surface area contributed by atoms with Crippen molar-refractivity contribution < 1.29 is 4.39 Å². The Bertz CT molecular complexity index is 259. The van der Waals surface area contributed by atoms with Crippen molar-refractivity contribution in [2.75, 3.05) is 0 Å². The fourth-order valence-corrected chi connectivity index (χ4v) is 1.28. The summed E-state index contributed by atoms with van der Waals surface area (Å²) in [5.41, 5.74) is 1.53. The van der Waals surface area contributed by atoms with E-state index < -0.39 is 0 Å². The first-order valence-electron chi connectivity index (χ1n) is 5.78. The minimum Gasteiger partial charge on any atom is -0.207 e. The Labute approximate surface area is 93.5 Å². The molecule has 0 aliphatic carbocycles. The zero-order valence-corrected chi connectivity index (χ0v) is 10.6. The normalized spacial score (nSPS) is 10.5. The van der Waals surface area contributed by atoms with Gasteiger partial charge < -0.3 is 0 Å². The van der Waals surface area contributed by atoms with E-state index >= 15 is 0 Å². The number of benzene rings is 1. The average molecular weight is 210 g/mol. The number of hydrogen-bond acceptors (Lipinski definition) is 0. The third-order valence-corrected chi connectivity index (χ3v) is 2.55. The largest absolute Gasteiger partial charge is 0.207 e. The van der Waals surface area contributed by atoms with Crippen LogP contribution in [-0.4, -0.2) is 0 Å². The van der Waals surface area contributed by atoms with Gasteiger partial charge in [-0.3, -0.25) is 0 Å². The van der Waals surface area contributed by atoms with Gasteiger partial charge in [-0.2, -0.15) is 0 Å². The Balaban J connectivity index is 0.000000921. The molecule has 0 fully saturated rings. The van der Waals surface area contributed by atoms with Crippen LogP contribution < -0.4 is 0 Å². The van der Waals surface area contributed by atoms with Gasteiger partial charge in [0.05, 0.1) is 0 Å². The molecule has 0 unspecified atom stereocenters. The molecule has 0 heterocycles. The Kier molecular flexibility index (Phi) is 6.23. The van der Waals surface area contributed by atoms with Crippen LogP contribution in [0, 0.1) is 11.2 Å². The lowest BCUT2D eigenvalue weighted by atomic mass is 9.83. The van der Waals surface area contributed by atoms with Gasteiger partial charge in [-0.05, 0) is 29.5 Å². The lowest BCUT2D eigenvalue weighted by Gasteiger charge is -2.22. The van der Waals surface area contributed by atoms with E-state index in [4.69, 9.17) is 0 Å². The molecule has 0 aliphatic heterocycles. The first-order chi connectivity index (χ1) is 7.03. The highest BCUT2D eigenvalue weighted by Crippen LogP contribution is 2.25. The van der Waals surface area contributed by atoms with Crippen LogP contribution in [-0.2, 0) is 6.42 Å². The molecule has 0 N–H and O–H groups in total. The molecule has 0 spiro atoms. The first kappa shape index (κ1) is 14.2. The summed E-state index contributed by atoms with van der Waals surface area (Å²) in [6.07, 6.45) is 2.16. The predicted octanol–water partition coefficient (Wildman–Crippen LogP) is 4.83. The topological polar surface area (TPSA) is 0 Å². The number of halogens is 1. The molecule has 0 saturated heterocycles. The van der Waals surface area contributed by atoms with Crippen molar-refractivity contribution in [3.63, 3.8) is 0 Å². The Morgan fingerprint density at radius 3 is 1.93 bits per heavy atom. The summed E-state index contributed by atoms with van der Waals surface area (Å²) in [5, 5.41) is 0. The Morgan fingerprint density at radius 1 is 1.07 bits per heavy atom. The van der Waals surface area contributed by atoms with Crippen LogP contribution in [0.25, 0.3) is 0 Å². The van der Waals surface area contributed by atoms with E-state index in [2.05, 4.69) is 20.8 Å². The van der Waals surface area contributed by atoms with Crippen LogP contribution in [0.15, 0.2) is 24.3 Å². The summed E-state index contributed by atoms with van der Waals surface area (Å²) in [6.45, 7) is 10.6. The molecule has 15 heavy (non-hydrogen) atoms. The van der Waals surface area contributed by atoms with Crippen LogP contribution in [0.3, 0.4) is 0 Å². The summed E-state index contributed by atoms with van der Waals surface area (Å²) in [6, 6.07) is 6.79. The van der Waals surface area contributed by atoms with Crippen molar-refractivity contribution in [1.82, 2.24) is 0 Å². The molecular weight excluding hydrogens is 187 g/mol. The Morgan fingerprint density at radius 2 is 1.53 bits per heavy atom. The van der Waals surface area contributed by atoms with Gasteiger partial charge in [-0.1, -0.05) is 53.2 Å². The fraction of sp³-hybridized carbons (Fsp3) is 0.571. The van der Waals surface area contributed by atoms with Crippen LogP contribution in [0.1, 0.15) is 46.6 Å². The molecule has 0 aromatic heterocycles. The predicted molar refractivity (Wildman–Crippen MR) is 65.5 cm³/mol. The van der Waals surface area contributed by atoms with E-state index in [1.807, 2.05) is 26.0 Å². The van der Waals surface area contributed by atoms with E-state index in [9.17, 15) is 4.39 Å². The maximum Gasteiger partial charge on any atom is 0.123 e. The van der Waals surface area contributed by atoms with E-state index in [1.165, 1.54) is 17.7 Å². The van der Waals surface area contributed by atoms with Gasteiger partial charge in [0.15, 0.2) is 0 Å². The highest BCUT2D eigenvalue weighted by molar-refractivity contribution is 5.17. The van der Waals surface area contributed by atoms with Gasteiger partial charge in [0.25, 0.3) is 0 Å². The van der Waals surface area contributed by atoms with Gasteiger partial charge in [-0.15, -0.1) is 0 Å². The van der Waals surface area contributed by atoms with E-state index in [-0.39, 0.29) is 5.82 Å². The van der Waals surface area contributed by atoms with Gasteiger partial charge in [0.1, 0.15) is 5.82 Å². The molecule has 0 saturated carbocycles. The van der Waals surface area contributed by atoms with Crippen molar-refractivity contribution in [2.45, 2.75) is 47.5 Å². The van der Waals surface area contributed by atoms with Crippen LogP contribution >= 0.6 is 0 Å². The van der Waals surface area contributed by atoms with Crippen LogP contribution in [0.4, 0.5) is 4.39 Å². The minimum absolute atomic E-state index is 0.155. The third-order valence-electron chi connectivity index (χ3n) is 2.55. The molecule has 0 nitrogen and oxygen atoms in total. The van der Waals surface area contributed by atoms with Crippen LogP contribution in [0.5, 0.6) is 0 Å². The van der Waals surface area contributed by atoms with Crippen molar-refractivity contribution in [3.8, 4) is 0 Å². The summed E-state index contributed by atoms with van der Waals surface area (Å²) in [7, 11) is 0. The molecule has 0 aliphatic rings. The lowest BCUT2D eigenvalue weighted by Crippen LogP contribution is -2.13. The second kappa shape index (κ2) is 6.60. The third kappa shape index (κ3) is 5.56. The zero-order valence-electron chi connectivity index (χ0n) is 10.6. The van der Waals surface area contributed by atoms with Crippen molar-refractivity contribution >= 4 is 0 Å². The highest BCUT2D eigenvalue weighted by Gasteiger charge is 2.15. The second-order valence-corrected chi connectivity index (χ2v) is 4.32. The minimum atomic E-state index is -0.155. The van der Waals surface area contributed by atoms with Crippen LogP contribution in [0.2, 0.25) is 0 Å². The smallest absolute Gasteiger partial charge is 0.123 e. The molecule has 1 aromatic carbocycles. The number of rotatable bonds is 3. The molecule has 0 atom stereocenters. The highest BCUT2D eigenvalue weighted by atomic mass is 19.1. The molecule has 1 rings (SSSR count). The molecule has 0 bridgehead atoms. The molecule has 1 aromatic rings. The lowest BCUT2D eigenvalue weighted by molar-refractivity contribution is 0.349. The quantitative estimate of drug-likeness (QED) is 0.670. The average Bonchev–Trinajstić information content (AvgIpc) is 2.24. The summed E-state index contributed by atoms with van der Waals surface area (Å²) < 4.78 is 12.6. The van der Waals surface area contributed by atoms with Crippen molar-refractivity contribution in [3.05, 3.63) is 35.6 Å². The molecular formula is C14H23F. The second-order valence-electron chi connectivity index (χ2n) is 4.32. The number of hydrogen-bond donors (Lipinski definition) is 0. The van der Waals surface area contributed by atoms with Gasteiger partial charge in [-0.25, -0.2) is 4.39 Å².